The molecule has 0 aromatic carbocycles. The maximum Gasteiger partial charge on any atom is 0.283 e. The first-order valence-corrected chi connectivity index (χ1v) is 8.07. The Balaban J connectivity index is 2.05. The summed E-state index contributed by atoms with van der Waals surface area (Å²) in [5.41, 5.74) is -0.279. The maximum absolute atomic E-state index is 12.1. The number of aliphatic hydroxyl groups is 1. The Bertz CT molecular complexity index is 563. The Labute approximate surface area is 133 Å². The lowest BCUT2D eigenvalue weighted by Gasteiger charge is -2.35. The van der Waals surface area contributed by atoms with E-state index < -0.39 is 5.60 Å². The second kappa shape index (κ2) is 6.75. The van der Waals surface area contributed by atoms with E-state index in [1.165, 1.54) is 4.68 Å². The smallest absolute Gasteiger partial charge is 0.283 e. The van der Waals surface area contributed by atoms with Gasteiger partial charge in [-0.2, -0.15) is 5.10 Å². The third-order valence-corrected chi connectivity index (χ3v) is 4.87. The summed E-state index contributed by atoms with van der Waals surface area (Å²) < 4.78 is 1.77. The molecule has 2 N–H and O–H groups in total. The van der Waals surface area contributed by atoms with Gasteiger partial charge in [-0.3, -0.25) is 4.79 Å². The number of hydrogen-bond donors (Lipinski definition) is 2. The van der Waals surface area contributed by atoms with Crippen LogP contribution in [0.25, 0.3) is 0 Å². The molecule has 1 saturated carbocycles. The molecule has 21 heavy (non-hydrogen) atoms. The lowest BCUT2D eigenvalue weighted by molar-refractivity contribution is 0.00499. The van der Waals surface area contributed by atoms with Crippen molar-refractivity contribution in [1.29, 1.82) is 0 Å². The zero-order valence-corrected chi connectivity index (χ0v) is 13.9. The van der Waals surface area contributed by atoms with Crippen LogP contribution in [0.3, 0.4) is 0 Å². The molecule has 5 nitrogen and oxygen atoms in total. The van der Waals surface area contributed by atoms with Gasteiger partial charge in [0.2, 0.25) is 0 Å². The number of anilines is 1. The summed E-state index contributed by atoms with van der Waals surface area (Å²) in [4.78, 5) is 12.1. The summed E-state index contributed by atoms with van der Waals surface area (Å²) in [6.07, 6.45) is 6.89. The Morgan fingerprint density at radius 3 is 2.90 bits per heavy atom. The second-order valence-electron chi connectivity index (χ2n) is 5.91. The number of hydrogen-bond acceptors (Lipinski definition) is 4. The average molecular weight is 356 g/mol. The van der Waals surface area contributed by atoms with E-state index in [1.807, 2.05) is 0 Å². The summed E-state index contributed by atoms with van der Waals surface area (Å²) in [6, 6.07) is 0. The standard InChI is InChI=1S/C15H22BrN3O2/c1-3-8-19-14(20)13(16)12(9-18-19)17-10-15(21)6-4-11(2)5-7-15/h3,9,11,17,21H,1,4-8,10H2,2H3. The van der Waals surface area contributed by atoms with Crippen molar-refractivity contribution in [2.75, 3.05) is 11.9 Å². The van der Waals surface area contributed by atoms with Crippen LogP contribution in [0.4, 0.5) is 5.69 Å². The summed E-state index contributed by atoms with van der Waals surface area (Å²) in [6.45, 7) is 6.62. The molecule has 0 amide bonds. The number of rotatable bonds is 5. The summed E-state index contributed by atoms with van der Waals surface area (Å²) in [5, 5.41) is 17.8. The Morgan fingerprint density at radius 2 is 2.29 bits per heavy atom. The molecule has 6 heteroatoms. The number of nitrogens with zero attached hydrogens (tertiary/aromatic N) is 2. The molecular weight excluding hydrogens is 334 g/mol. The van der Waals surface area contributed by atoms with Crippen LogP contribution in [-0.2, 0) is 6.54 Å². The van der Waals surface area contributed by atoms with Gasteiger partial charge in [-0.1, -0.05) is 13.0 Å². The van der Waals surface area contributed by atoms with E-state index in [4.69, 9.17) is 0 Å². The Kier molecular flexibility index (Phi) is 5.22. The van der Waals surface area contributed by atoms with Crippen molar-refractivity contribution in [2.24, 2.45) is 5.92 Å². The number of allylic oxidation sites excluding steroid dienone is 1. The van der Waals surface area contributed by atoms with Crippen molar-refractivity contribution in [3.8, 4) is 0 Å². The predicted octanol–water partition coefficient (Wildman–Crippen LogP) is 2.54. The molecule has 0 radical (unpaired) electrons. The van der Waals surface area contributed by atoms with Crippen LogP contribution < -0.4 is 10.9 Å². The van der Waals surface area contributed by atoms with Crippen LogP contribution in [-0.4, -0.2) is 27.0 Å². The lowest BCUT2D eigenvalue weighted by atomic mass is 9.79. The highest BCUT2D eigenvalue weighted by Crippen LogP contribution is 2.32. The summed E-state index contributed by atoms with van der Waals surface area (Å²) in [7, 11) is 0. The van der Waals surface area contributed by atoms with E-state index in [0.29, 0.717) is 29.2 Å². The topological polar surface area (TPSA) is 67.2 Å². The van der Waals surface area contributed by atoms with Gasteiger partial charge in [0.1, 0.15) is 4.47 Å². The van der Waals surface area contributed by atoms with Crippen molar-refractivity contribution in [3.63, 3.8) is 0 Å². The second-order valence-corrected chi connectivity index (χ2v) is 6.70. The van der Waals surface area contributed by atoms with Gasteiger partial charge >= 0.3 is 0 Å². The predicted molar refractivity (Wildman–Crippen MR) is 87.5 cm³/mol. The molecule has 1 aliphatic carbocycles. The van der Waals surface area contributed by atoms with E-state index in [9.17, 15) is 9.90 Å². The van der Waals surface area contributed by atoms with Crippen LogP contribution >= 0.6 is 15.9 Å². The number of halogens is 1. The van der Waals surface area contributed by atoms with Gasteiger partial charge in [-0.05, 0) is 47.5 Å². The average Bonchev–Trinajstić information content (AvgIpc) is 2.47. The normalized spacial score (nSPS) is 25.6. The molecule has 2 rings (SSSR count). The zero-order chi connectivity index (χ0) is 15.5. The van der Waals surface area contributed by atoms with Gasteiger partial charge in [-0.15, -0.1) is 6.58 Å². The van der Waals surface area contributed by atoms with E-state index >= 15 is 0 Å². The van der Waals surface area contributed by atoms with E-state index in [-0.39, 0.29) is 5.56 Å². The first-order chi connectivity index (χ1) is 9.95. The summed E-state index contributed by atoms with van der Waals surface area (Å²) >= 11 is 3.30. The first-order valence-electron chi connectivity index (χ1n) is 7.28. The molecule has 1 fully saturated rings. The highest BCUT2D eigenvalue weighted by atomic mass is 79.9. The first kappa shape index (κ1) is 16.2. The lowest BCUT2D eigenvalue weighted by Crippen LogP contribution is -2.40. The van der Waals surface area contributed by atoms with E-state index in [1.54, 1.807) is 12.3 Å². The Morgan fingerprint density at radius 1 is 1.62 bits per heavy atom. The summed E-state index contributed by atoms with van der Waals surface area (Å²) in [5.74, 6) is 0.682. The minimum atomic E-state index is -0.693. The third kappa shape index (κ3) is 3.95. The van der Waals surface area contributed by atoms with Crippen LogP contribution in [0.1, 0.15) is 32.6 Å². The number of aromatic nitrogens is 2. The highest BCUT2D eigenvalue weighted by molar-refractivity contribution is 9.10. The Hall–Kier alpha value is -1.14. The SMILES string of the molecule is C=CCn1ncc(NCC2(O)CCC(C)CC2)c(Br)c1=O. The van der Waals surface area contributed by atoms with Gasteiger partial charge in [0, 0.05) is 6.54 Å². The quantitative estimate of drug-likeness (QED) is 0.796. The fourth-order valence-electron chi connectivity index (χ4n) is 2.58. The molecule has 1 aromatic rings. The molecule has 0 saturated heterocycles. The van der Waals surface area contributed by atoms with Crippen LogP contribution in [0.5, 0.6) is 0 Å². The van der Waals surface area contributed by atoms with Crippen molar-refractivity contribution in [2.45, 2.75) is 44.8 Å². The maximum atomic E-state index is 12.1. The minimum absolute atomic E-state index is 0.204. The van der Waals surface area contributed by atoms with Crippen molar-refractivity contribution < 1.29 is 5.11 Å². The van der Waals surface area contributed by atoms with E-state index in [2.05, 4.69) is 39.8 Å². The fourth-order valence-corrected chi connectivity index (χ4v) is 3.02. The fraction of sp³-hybridized carbons (Fsp3) is 0.600. The van der Waals surface area contributed by atoms with Gasteiger partial charge in [0.25, 0.3) is 5.56 Å². The van der Waals surface area contributed by atoms with Gasteiger partial charge in [0.15, 0.2) is 0 Å². The number of nitrogens with one attached hydrogen (secondary N) is 1. The molecule has 116 valence electrons. The van der Waals surface area contributed by atoms with Gasteiger partial charge in [-0.25, -0.2) is 4.68 Å². The molecular formula is C15H22BrN3O2. The van der Waals surface area contributed by atoms with Gasteiger partial charge in [0.05, 0.1) is 24.0 Å². The van der Waals surface area contributed by atoms with Crippen LogP contribution in [0.15, 0.2) is 28.1 Å². The van der Waals surface area contributed by atoms with Crippen molar-refractivity contribution in [1.82, 2.24) is 9.78 Å². The van der Waals surface area contributed by atoms with Crippen LogP contribution in [0.2, 0.25) is 0 Å². The minimum Gasteiger partial charge on any atom is -0.388 e. The molecule has 1 aromatic heterocycles. The van der Waals surface area contributed by atoms with Crippen molar-refractivity contribution in [3.05, 3.63) is 33.7 Å². The zero-order valence-electron chi connectivity index (χ0n) is 12.3. The highest BCUT2D eigenvalue weighted by Gasteiger charge is 2.31. The molecule has 1 aliphatic rings. The largest absolute Gasteiger partial charge is 0.388 e. The van der Waals surface area contributed by atoms with E-state index in [0.717, 1.165) is 25.7 Å². The molecule has 0 spiro atoms. The van der Waals surface area contributed by atoms with Crippen molar-refractivity contribution >= 4 is 21.6 Å². The monoisotopic (exact) mass is 355 g/mol. The molecule has 0 aliphatic heterocycles. The molecule has 0 atom stereocenters. The van der Waals surface area contributed by atoms with Gasteiger partial charge < -0.3 is 10.4 Å². The molecule has 1 heterocycles. The molecule has 0 bridgehead atoms. The molecule has 0 unspecified atom stereocenters. The van der Waals surface area contributed by atoms with Crippen LogP contribution in [0, 0.1) is 5.92 Å². The third-order valence-electron chi connectivity index (χ3n) is 4.10.